The van der Waals surface area contributed by atoms with Crippen molar-refractivity contribution >= 4 is 35.0 Å². The maximum Gasteiger partial charge on any atom is 0.326 e. The summed E-state index contributed by atoms with van der Waals surface area (Å²) in [6, 6.07) is 8.07. The number of amides is 2. The number of likely N-dealkylation sites (tertiary alicyclic amines) is 1. The average Bonchev–Trinajstić information content (AvgIpc) is 3.49. The normalized spacial score (nSPS) is 19.9. The minimum Gasteiger partial charge on any atom is -0.480 e. The Balaban J connectivity index is 2.20. The maximum absolute atomic E-state index is 13.9. The van der Waals surface area contributed by atoms with E-state index < -0.39 is 24.2 Å². The van der Waals surface area contributed by atoms with Crippen molar-refractivity contribution in [3.8, 4) is 0 Å². The average molecular weight is 634 g/mol. The Morgan fingerprint density at radius 3 is 2.23 bits per heavy atom. The first kappa shape index (κ1) is 37.6. The summed E-state index contributed by atoms with van der Waals surface area (Å²) >= 11 is 5.71. The molecule has 10 heteroatoms. The molecule has 9 nitrogen and oxygen atoms in total. The van der Waals surface area contributed by atoms with Crippen molar-refractivity contribution in [2.75, 3.05) is 27.8 Å². The number of likely N-dealkylation sites (N-methyl/N-ethyl adjacent to an activating group) is 1. The van der Waals surface area contributed by atoms with Crippen LogP contribution in [0.15, 0.2) is 30.3 Å². The molecular weight excluding hydrogens is 578 g/mol. The molecule has 2 rings (SSSR count). The molecule has 0 aromatic heterocycles. The zero-order valence-electron chi connectivity index (χ0n) is 28.1. The zero-order chi connectivity index (χ0) is 33.1. The lowest BCUT2D eigenvalue weighted by atomic mass is 9.88. The molecule has 0 saturated carbocycles. The van der Waals surface area contributed by atoms with E-state index in [1.54, 1.807) is 19.1 Å². The molecule has 1 fully saturated rings. The number of rotatable bonds is 17. The molecule has 1 heterocycles. The molecule has 1 aromatic carbocycles. The van der Waals surface area contributed by atoms with Crippen LogP contribution < -0.4 is 5.32 Å². The topological polar surface area (TPSA) is 108 Å². The summed E-state index contributed by atoms with van der Waals surface area (Å²) in [7, 11) is 5.04. The van der Waals surface area contributed by atoms with E-state index in [1.165, 1.54) is 0 Å². The van der Waals surface area contributed by atoms with Gasteiger partial charge in [0, 0.05) is 46.1 Å². The van der Waals surface area contributed by atoms with Gasteiger partial charge in [-0.2, -0.15) is 0 Å². The zero-order valence-corrected chi connectivity index (χ0v) is 28.9. The van der Waals surface area contributed by atoms with Gasteiger partial charge in [0.05, 0.1) is 35.7 Å². The van der Waals surface area contributed by atoms with Crippen LogP contribution in [0, 0.1) is 23.7 Å². The highest BCUT2D eigenvalue weighted by atomic mass is 32.1. The third-order valence-corrected chi connectivity index (χ3v) is 10.0. The lowest BCUT2D eigenvalue weighted by Crippen LogP contribution is -2.54. The summed E-state index contributed by atoms with van der Waals surface area (Å²) in [5.41, 5.74) is 0.896. The van der Waals surface area contributed by atoms with Gasteiger partial charge in [0.1, 0.15) is 6.04 Å². The van der Waals surface area contributed by atoms with Crippen LogP contribution in [0.1, 0.15) is 72.8 Å². The van der Waals surface area contributed by atoms with Crippen molar-refractivity contribution in [1.82, 2.24) is 15.1 Å². The quantitative estimate of drug-likeness (QED) is 0.236. The largest absolute Gasteiger partial charge is 0.480 e. The molecule has 2 N–H and O–H groups in total. The van der Waals surface area contributed by atoms with Gasteiger partial charge in [-0.1, -0.05) is 90.5 Å². The number of carbonyl (C=O) groups is 3. The Morgan fingerprint density at radius 2 is 1.70 bits per heavy atom. The van der Waals surface area contributed by atoms with Gasteiger partial charge in [-0.05, 0) is 30.2 Å². The Bertz CT molecular complexity index is 1090. The van der Waals surface area contributed by atoms with E-state index in [1.807, 2.05) is 70.0 Å². The Labute approximate surface area is 270 Å². The number of aliphatic carboxylic acids is 1. The van der Waals surface area contributed by atoms with E-state index in [4.69, 9.17) is 21.7 Å². The molecule has 0 radical (unpaired) electrons. The number of carbonyl (C=O) groups excluding carboxylic acids is 2. The van der Waals surface area contributed by atoms with Crippen molar-refractivity contribution in [2.45, 2.75) is 104 Å². The molecular formula is C34H55N3O6S. The van der Waals surface area contributed by atoms with E-state index in [9.17, 15) is 19.5 Å². The van der Waals surface area contributed by atoms with Crippen molar-refractivity contribution < 1.29 is 29.0 Å². The number of methoxy groups -OCH3 is 2. The monoisotopic (exact) mass is 633 g/mol. The molecule has 2 amide bonds. The molecule has 1 aromatic rings. The minimum atomic E-state index is -0.984. The third kappa shape index (κ3) is 9.72. The van der Waals surface area contributed by atoms with Crippen LogP contribution in [0.4, 0.5) is 0 Å². The predicted molar refractivity (Wildman–Crippen MR) is 177 cm³/mol. The van der Waals surface area contributed by atoms with E-state index in [2.05, 4.69) is 19.2 Å². The number of benzene rings is 1. The van der Waals surface area contributed by atoms with Crippen molar-refractivity contribution in [3.05, 3.63) is 35.9 Å². The fraction of sp³-hybridized carbons (Fsp3) is 0.706. The van der Waals surface area contributed by atoms with E-state index in [-0.39, 0.29) is 60.4 Å². The molecule has 0 spiro atoms. The standard InChI is InChI=1S/C34H55N3O6S/c1-10-22(4)30(36(7)33(39)23(5)21(2)3)28(42-8)20-29(38)37-18-14-17-27(37)31(43-9)24(6)32(44)35-26(34(40)41)19-25-15-12-11-13-16-25/h11-13,15-16,21-24,26-28,30-31H,10,14,17-20H2,1-9H3,(H,35,44)(H,40,41)/t22-,23-,24+,26-,27-,28+,30-,31+/m0/s1. The van der Waals surface area contributed by atoms with E-state index in [0.29, 0.717) is 11.5 Å². The number of carboxylic acid groups (broad SMARTS) is 1. The van der Waals surface area contributed by atoms with Gasteiger partial charge in [0.15, 0.2) is 0 Å². The summed E-state index contributed by atoms with van der Waals surface area (Å²) in [6.07, 6.45) is 1.95. The number of thiocarbonyl (C=S) groups is 1. The summed E-state index contributed by atoms with van der Waals surface area (Å²) in [4.78, 5) is 43.4. The molecule has 248 valence electrons. The number of nitrogens with zero attached hydrogens (tertiary/aromatic N) is 2. The number of carboxylic acids is 1. The summed E-state index contributed by atoms with van der Waals surface area (Å²) in [5.74, 6) is -1.12. The second-order valence-electron chi connectivity index (χ2n) is 12.7. The highest BCUT2D eigenvalue weighted by molar-refractivity contribution is 7.80. The fourth-order valence-corrected chi connectivity index (χ4v) is 6.54. The highest BCUT2D eigenvalue weighted by Gasteiger charge is 2.42. The summed E-state index contributed by atoms with van der Waals surface area (Å²) < 4.78 is 11.9. The SMILES string of the molecule is CC[C@H](C)[C@@H]([C@@H](CC(=O)N1CCC[C@H]1[C@H](OC)[C@@H](C)C(=S)N[C@@H](Cc1ccccc1)C(=O)O)OC)N(C)C(=O)[C@@H](C)C(C)C. The summed E-state index contributed by atoms with van der Waals surface area (Å²) in [5, 5.41) is 12.9. The lowest BCUT2D eigenvalue weighted by Gasteiger charge is -2.40. The van der Waals surface area contributed by atoms with E-state index >= 15 is 0 Å². The van der Waals surface area contributed by atoms with Crippen LogP contribution in [-0.4, -0.2) is 95.8 Å². The Morgan fingerprint density at radius 1 is 1.07 bits per heavy atom. The van der Waals surface area contributed by atoms with Crippen molar-refractivity contribution in [2.24, 2.45) is 23.7 Å². The van der Waals surface area contributed by atoms with Gasteiger partial charge in [0.25, 0.3) is 0 Å². The fourth-order valence-electron chi connectivity index (χ4n) is 6.27. The molecule has 1 aliphatic heterocycles. The van der Waals surface area contributed by atoms with Gasteiger partial charge in [-0.25, -0.2) is 4.79 Å². The van der Waals surface area contributed by atoms with Crippen LogP contribution in [0.3, 0.4) is 0 Å². The molecule has 8 atom stereocenters. The van der Waals surface area contributed by atoms with Crippen LogP contribution in [-0.2, 0) is 30.3 Å². The van der Waals surface area contributed by atoms with Gasteiger partial charge < -0.3 is 29.7 Å². The molecule has 0 unspecified atom stereocenters. The Kier molecular flexibility index (Phi) is 15.2. The third-order valence-electron chi connectivity index (χ3n) is 9.55. The maximum atomic E-state index is 13.9. The summed E-state index contributed by atoms with van der Waals surface area (Å²) in [6.45, 7) is 12.7. The molecule has 1 saturated heterocycles. The molecule has 44 heavy (non-hydrogen) atoms. The number of hydrogen-bond donors (Lipinski definition) is 2. The molecule has 0 bridgehead atoms. The van der Waals surface area contributed by atoms with Crippen LogP contribution in [0.25, 0.3) is 0 Å². The van der Waals surface area contributed by atoms with Crippen LogP contribution in [0.5, 0.6) is 0 Å². The second kappa shape index (κ2) is 17.8. The predicted octanol–water partition coefficient (Wildman–Crippen LogP) is 4.81. The Hall–Kier alpha value is -2.56. The van der Waals surface area contributed by atoms with Crippen LogP contribution in [0.2, 0.25) is 0 Å². The van der Waals surface area contributed by atoms with E-state index in [0.717, 1.165) is 24.8 Å². The first-order valence-electron chi connectivity index (χ1n) is 16.0. The van der Waals surface area contributed by atoms with Crippen molar-refractivity contribution in [1.29, 1.82) is 0 Å². The van der Waals surface area contributed by atoms with Gasteiger partial charge in [-0.15, -0.1) is 0 Å². The first-order chi connectivity index (χ1) is 20.8. The van der Waals surface area contributed by atoms with Crippen LogP contribution >= 0.6 is 12.2 Å². The minimum absolute atomic E-state index is 0.0500. The van der Waals surface area contributed by atoms with Gasteiger partial charge in [-0.3, -0.25) is 9.59 Å². The molecule has 0 aliphatic carbocycles. The number of ether oxygens (including phenoxy) is 2. The second-order valence-corrected chi connectivity index (χ2v) is 13.2. The molecule has 1 aliphatic rings. The smallest absolute Gasteiger partial charge is 0.326 e. The first-order valence-corrected chi connectivity index (χ1v) is 16.4. The van der Waals surface area contributed by atoms with Gasteiger partial charge in [0.2, 0.25) is 11.8 Å². The van der Waals surface area contributed by atoms with Gasteiger partial charge >= 0.3 is 5.97 Å². The highest BCUT2D eigenvalue weighted by Crippen LogP contribution is 2.30. The number of nitrogens with one attached hydrogen (secondary N) is 1. The van der Waals surface area contributed by atoms with Crippen molar-refractivity contribution in [3.63, 3.8) is 0 Å². The number of hydrogen-bond acceptors (Lipinski definition) is 6. The lowest BCUT2D eigenvalue weighted by molar-refractivity contribution is -0.147.